The van der Waals surface area contributed by atoms with Crippen LogP contribution in [0.5, 0.6) is 5.75 Å². The molecule has 1 saturated heterocycles. The Morgan fingerprint density at radius 3 is 2.53 bits per heavy atom. The lowest BCUT2D eigenvalue weighted by molar-refractivity contribution is 0.165. The Balaban J connectivity index is 0.00000180. The zero-order valence-corrected chi connectivity index (χ0v) is 12.0. The Hall–Kier alpha value is -0.840. The molecule has 1 aliphatic rings. The fourth-order valence-electron chi connectivity index (χ4n) is 2.62. The van der Waals surface area contributed by atoms with Crippen LogP contribution < -0.4 is 5.73 Å². The molecule has 1 unspecified atom stereocenters. The topological polar surface area (TPSA) is 49.5 Å². The van der Waals surface area contributed by atoms with Gasteiger partial charge in [0.15, 0.2) is 0 Å². The molecule has 5 heteroatoms. The fraction of sp³-hybridized carbons (Fsp3) is 0.571. The van der Waals surface area contributed by atoms with Gasteiger partial charge in [0.2, 0.25) is 0 Å². The Morgan fingerprint density at radius 1 is 1.37 bits per heavy atom. The van der Waals surface area contributed by atoms with Crippen LogP contribution in [0.3, 0.4) is 0 Å². The molecule has 0 radical (unpaired) electrons. The second-order valence-electron chi connectivity index (χ2n) is 5.29. The number of hydrogen-bond donors (Lipinski definition) is 2. The quantitative estimate of drug-likeness (QED) is 0.898. The smallest absolute Gasteiger partial charge is 0.127 e. The van der Waals surface area contributed by atoms with Gasteiger partial charge in [-0.15, -0.1) is 12.4 Å². The summed E-state index contributed by atoms with van der Waals surface area (Å²) in [5.74, 6) is 0.216. The molecule has 0 spiro atoms. The lowest BCUT2D eigenvalue weighted by Gasteiger charge is -2.33. The van der Waals surface area contributed by atoms with Crippen LogP contribution in [0.1, 0.15) is 25.3 Å². The van der Waals surface area contributed by atoms with Crippen molar-refractivity contribution in [1.82, 2.24) is 4.90 Å². The molecule has 108 valence electrons. The van der Waals surface area contributed by atoms with Gasteiger partial charge in [0.05, 0.1) is 0 Å². The third-order valence-corrected chi connectivity index (χ3v) is 3.72. The van der Waals surface area contributed by atoms with E-state index in [4.69, 9.17) is 5.73 Å². The van der Waals surface area contributed by atoms with Crippen molar-refractivity contribution in [3.05, 3.63) is 29.6 Å². The van der Waals surface area contributed by atoms with Gasteiger partial charge < -0.3 is 10.8 Å². The number of benzene rings is 1. The minimum Gasteiger partial charge on any atom is -0.508 e. The first-order valence-electron chi connectivity index (χ1n) is 6.51. The van der Waals surface area contributed by atoms with Crippen molar-refractivity contribution in [1.29, 1.82) is 0 Å². The Kier molecular flexibility index (Phi) is 6.04. The van der Waals surface area contributed by atoms with E-state index in [-0.39, 0.29) is 30.0 Å². The predicted molar refractivity (Wildman–Crippen MR) is 77.0 cm³/mol. The maximum absolute atomic E-state index is 13.2. The maximum atomic E-state index is 13.2. The van der Waals surface area contributed by atoms with Crippen LogP contribution in [0.2, 0.25) is 0 Å². The van der Waals surface area contributed by atoms with E-state index in [0.717, 1.165) is 37.6 Å². The van der Waals surface area contributed by atoms with E-state index in [1.807, 2.05) is 0 Å². The summed E-state index contributed by atoms with van der Waals surface area (Å²) in [4.78, 5) is 2.28. The Labute approximate surface area is 120 Å². The van der Waals surface area contributed by atoms with E-state index in [2.05, 4.69) is 11.8 Å². The molecule has 1 atom stereocenters. The Bertz CT molecular complexity index is 386. The van der Waals surface area contributed by atoms with Gasteiger partial charge in [-0.05, 0) is 56.5 Å². The molecule has 3 nitrogen and oxygen atoms in total. The molecule has 0 amide bonds. The van der Waals surface area contributed by atoms with Crippen molar-refractivity contribution in [2.45, 2.75) is 32.4 Å². The second kappa shape index (κ2) is 7.08. The Morgan fingerprint density at radius 2 is 2.00 bits per heavy atom. The first-order chi connectivity index (χ1) is 8.54. The fourth-order valence-corrected chi connectivity index (χ4v) is 2.62. The molecule has 0 aliphatic carbocycles. The second-order valence-corrected chi connectivity index (χ2v) is 5.29. The van der Waals surface area contributed by atoms with E-state index < -0.39 is 0 Å². The van der Waals surface area contributed by atoms with Crippen molar-refractivity contribution < 1.29 is 9.50 Å². The summed E-state index contributed by atoms with van der Waals surface area (Å²) in [7, 11) is 0. The third-order valence-electron chi connectivity index (χ3n) is 3.72. The zero-order chi connectivity index (χ0) is 13.1. The summed E-state index contributed by atoms with van der Waals surface area (Å²) >= 11 is 0. The number of halogens is 2. The van der Waals surface area contributed by atoms with Gasteiger partial charge in [-0.1, -0.05) is 0 Å². The average molecular weight is 289 g/mol. The number of phenolic OH excluding ortho intramolecular Hbond substituents is 1. The minimum absolute atomic E-state index is 0. The highest BCUT2D eigenvalue weighted by atomic mass is 35.5. The molecule has 2 rings (SSSR count). The summed E-state index contributed by atoms with van der Waals surface area (Å²) in [6.45, 7) is 4.73. The molecule has 3 N–H and O–H groups in total. The van der Waals surface area contributed by atoms with Crippen molar-refractivity contribution >= 4 is 12.4 Å². The highest BCUT2D eigenvalue weighted by Gasteiger charge is 2.21. The van der Waals surface area contributed by atoms with Crippen LogP contribution >= 0.6 is 12.4 Å². The van der Waals surface area contributed by atoms with Crippen LogP contribution in [0.15, 0.2) is 18.2 Å². The number of aromatic hydroxyl groups is 1. The van der Waals surface area contributed by atoms with Gasteiger partial charge in [-0.25, -0.2) is 4.39 Å². The van der Waals surface area contributed by atoms with Gasteiger partial charge >= 0.3 is 0 Å². The van der Waals surface area contributed by atoms with Gasteiger partial charge in [0.1, 0.15) is 11.6 Å². The van der Waals surface area contributed by atoms with E-state index in [1.54, 1.807) is 6.07 Å². The predicted octanol–water partition coefficient (Wildman–Crippen LogP) is 2.51. The first kappa shape index (κ1) is 16.2. The summed E-state index contributed by atoms with van der Waals surface area (Å²) < 4.78 is 13.2. The van der Waals surface area contributed by atoms with Gasteiger partial charge in [-0.3, -0.25) is 4.90 Å². The number of nitrogens with zero attached hydrogens (tertiary/aromatic N) is 1. The molecule has 1 aliphatic heterocycles. The van der Waals surface area contributed by atoms with E-state index in [9.17, 15) is 9.50 Å². The first-order valence-corrected chi connectivity index (χ1v) is 6.51. The van der Waals surface area contributed by atoms with Crippen LogP contribution in [0.4, 0.5) is 4.39 Å². The van der Waals surface area contributed by atoms with E-state index >= 15 is 0 Å². The van der Waals surface area contributed by atoms with Crippen molar-refractivity contribution in [2.75, 3.05) is 13.1 Å². The lowest BCUT2D eigenvalue weighted by Crippen LogP contribution is -2.39. The third kappa shape index (κ3) is 4.64. The number of rotatable bonds is 3. The summed E-state index contributed by atoms with van der Waals surface area (Å²) in [6, 6.07) is 4.49. The molecule has 0 bridgehead atoms. The number of likely N-dealkylation sites (tertiary alicyclic amines) is 1. The SMILES string of the molecule is CC(N)C1CCN(Cc2cc(O)cc(F)c2)CC1.Cl. The molecule has 0 aromatic heterocycles. The maximum Gasteiger partial charge on any atom is 0.127 e. The molecular weight excluding hydrogens is 267 g/mol. The van der Waals surface area contributed by atoms with Gasteiger partial charge in [0.25, 0.3) is 0 Å². The van der Waals surface area contributed by atoms with Crippen LogP contribution in [-0.4, -0.2) is 29.1 Å². The van der Waals surface area contributed by atoms with Crippen molar-refractivity contribution in [3.63, 3.8) is 0 Å². The molecule has 1 heterocycles. The lowest BCUT2D eigenvalue weighted by atomic mass is 9.91. The standard InChI is InChI=1S/C14H21FN2O.ClH/c1-10(16)12-2-4-17(5-3-12)9-11-6-13(15)8-14(18)7-11;/h6-8,10,12,18H,2-5,9,16H2,1H3;1H. The summed E-state index contributed by atoms with van der Waals surface area (Å²) in [5, 5.41) is 9.36. The molecule has 1 aromatic rings. The highest BCUT2D eigenvalue weighted by Crippen LogP contribution is 2.22. The van der Waals surface area contributed by atoms with Gasteiger partial charge in [-0.2, -0.15) is 0 Å². The minimum atomic E-state index is -0.379. The van der Waals surface area contributed by atoms with Crippen molar-refractivity contribution in [3.8, 4) is 5.75 Å². The van der Waals surface area contributed by atoms with E-state index in [0.29, 0.717) is 12.5 Å². The van der Waals surface area contributed by atoms with Crippen LogP contribution in [-0.2, 0) is 6.54 Å². The molecule has 0 saturated carbocycles. The van der Waals surface area contributed by atoms with Gasteiger partial charge in [0, 0.05) is 18.7 Å². The summed E-state index contributed by atoms with van der Waals surface area (Å²) in [6.07, 6.45) is 2.19. The monoisotopic (exact) mass is 288 g/mol. The largest absolute Gasteiger partial charge is 0.508 e. The number of phenols is 1. The van der Waals surface area contributed by atoms with Crippen LogP contribution in [0.25, 0.3) is 0 Å². The van der Waals surface area contributed by atoms with Crippen molar-refractivity contribution in [2.24, 2.45) is 11.7 Å². The number of nitrogens with two attached hydrogens (primary N) is 1. The number of piperidine rings is 1. The molecule has 1 aromatic carbocycles. The molecule has 1 fully saturated rings. The number of hydrogen-bond acceptors (Lipinski definition) is 3. The highest BCUT2D eigenvalue weighted by molar-refractivity contribution is 5.85. The normalized spacial score (nSPS) is 18.9. The zero-order valence-electron chi connectivity index (χ0n) is 11.2. The average Bonchev–Trinajstić information content (AvgIpc) is 2.28. The summed E-state index contributed by atoms with van der Waals surface area (Å²) in [5.41, 5.74) is 6.73. The van der Waals surface area contributed by atoms with Crippen LogP contribution in [0, 0.1) is 11.7 Å². The van der Waals surface area contributed by atoms with E-state index in [1.165, 1.54) is 6.07 Å². The molecular formula is C14H22ClFN2O. The molecule has 19 heavy (non-hydrogen) atoms.